The molecule has 0 saturated heterocycles. The molecular weight excluding hydrogens is 373 g/mol. The highest BCUT2D eigenvalue weighted by molar-refractivity contribution is 7.09. The van der Waals surface area contributed by atoms with Crippen LogP contribution >= 0.6 is 11.3 Å². The normalized spacial score (nSPS) is 11.2. The van der Waals surface area contributed by atoms with E-state index < -0.39 is 0 Å². The Morgan fingerprint density at radius 3 is 2.64 bits per heavy atom. The van der Waals surface area contributed by atoms with Crippen LogP contribution in [-0.4, -0.2) is 15.5 Å². The second-order valence-electron chi connectivity index (χ2n) is 6.88. The van der Waals surface area contributed by atoms with Crippen molar-refractivity contribution >= 4 is 28.0 Å². The summed E-state index contributed by atoms with van der Waals surface area (Å²) in [5.74, 6) is -0.103. The fraction of sp³-hybridized carbons (Fsp3) is 0.174. The average molecular weight is 393 g/mol. The van der Waals surface area contributed by atoms with Crippen molar-refractivity contribution in [3.63, 3.8) is 0 Å². The molecule has 0 fully saturated rings. The number of aromatic nitrogens is 1. The van der Waals surface area contributed by atoms with Crippen molar-refractivity contribution in [2.75, 3.05) is 0 Å². The number of phenols is 1. The van der Waals surface area contributed by atoms with E-state index in [2.05, 4.69) is 10.6 Å². The van der Waals surface area contributed by atoms with Gasteiger partial charge in [-0.15, -0.1) is 11.3 Å². The van der Waals surface area contributed by atoms with Crippen LogP contribution in [-0.2, 0) is 13.0 Å². The van der Waals surface area contributed by atoms with Crippen LogP contribution in [0, 0.1) is 12.7 Å². The van der Waals surface area contributed by atoms with Crippen molar-refractivity contribution in [3.8, 4) is 5.75 Å². The van der Waals surface area contributed by atoms with Crippen molar-refractivity contribution in [2.45, 2.75) is 26.3 Å². The van der Waals surface area contributed by atoms with Gasteiger partial charge in [0.15, 0.2) is 5.78 Å². The molecule has 0 saturated carbocycles. The van der Waals surface area contributed by atoms with Gasteiger partial charge in [-0.25, -0.2) is 4.39 Å². The number of aryl methyl sites for hydroxylation is 1. The van der Waals surface area contributed by atoms with Gasteiger partial charge in [0.2, 0.25) is 0 Å². The molecule has 0 amide bonds. The first-order valence-corrected chi connectivity index (χ1v) is 10.0. The predicted molar refractivity (Wildman–Crippen MR) is 111 cm³/mol. The third kappa shape index (κ3) is 3.58. The number of hydrogen-bond donors (Lipinski definition) is 1. The van der Waals surface area contributed by atoms with Crippen LogP contribution in [0.15, 0.2) is 60.0 Å². The van der Waals surface area contributed by atoms with E-state index in [9.17, 15) is 14.3 Å². The maximum absolute atomic E-state index is 13.1. The highest BCUT2D eigenvalue weighted by Gasteiger charge is 2.20. The molecular formula is C23H20FNO2S. The van der Waals surface area contributed by atoms with E-state index in [4.69, 9.17) is 0 Å². The average Bonchev–Trinajstić information content (AvgIpc) is 3.28. The number of thiophene rings is 1. The van der Waals surface area contributed by atoms with Crippen molar-refractivity contribution in [1.29, 1.82) is 0 Å². The highest BCUT2D eigenvalue weighted by atomic mass is 32.1. The monoisotopic (exact) mass is 393 g/mol. The lowest BCUT2D eigenvalue weighted by atomic mass is 10.0. The first-order valence-electron chi connectivity index (χ1n) is 9.15. The first-order chi connectivity index (χ1) is 13.5. The van der Waals surface area contributed by atoms with E-state index in [1.54, 1.807) is 35.6 Å². The second-order valence-corrected chi connectivity index (χ2v) is 7.91. The zero-order chi connectivity index (χ0) is 19.7. The molecule has 0 bridgehead atoms. The fourth-order valence-electron chi connectivity index (χ4n) is 3.62. The molecule has 5 heteroatoms. The molecule has 0 aliphatic carbocycles. The second kappa shape index (κ2) is 7.60. The topological polar surface area (TPSA) is 42.2 Å². The summed E-state index contributed by atoms with van der Waals surface area (Å²) in [7, 11) is 0. The van der Waals surface area contributed by atoms with Crippen LogP contribution < -0.4 is 0 Å². The molecule has 0 spiro atoms. The number of ketones is 1. The minimum atomic E-state index is -0.280. The Labute approximate surface area is 166 Å². The highest BCUT2D eigenvalue weighted by Crippen LogP contribution is 2.31. The quantitative estimate of drug-likeness (QED) is 0.426. The molecule has 4 aromatic rings. The molecule has 0 radical (unpaired) electrons. The van der Waals surface area contributed by atoms with Gasteiger partial charge in [-0.1, -0.05) is 18.2 Å². The number of carbonyl (C=O) groups is 1. The van der Waals surface area contributed by atoms with Crippen molar-refractivity contribution < 1.29 is 14.3 Å². The summed E-state index contributed by atoms with van der Waals surface area (Å²) in [5, 5.41) is 12.8. The van der Waals surface area contributed by atoms with Gasteiger partial charge in [-0.2, -0.15) is 0 Å². The van der Waals surface area contributed by atoms with E-state index in [-0.39, 0.29) is 17.3 Å². The molecule has 4 rings (SSSR count). The van der Waals surface area contributed by atoms with E-state index in [0.29, 0.717) is 24.9 Å². The van der Waals surface area contributed by atoms with Crippen molar-refractivity contribution in [2.24, 2.45) is 0 Å². The molecule has 0 atom stereocenters. The Morgan fingerprint density at radius 2 is 1.93 bits per heavy atom. The van der Waals surface area contributed by atoms with Crippen LogP contribution in [0.4, 0.5) is 4.39 Å². The van der Waals surface area contributed by atoms with Gasteiger partial charge in [0, 0.05) is 33.5 Å². The summed E-state index contributed by atoms with van der Waals surface area (Å²) < 4.78 is 15.2. The van der Waals surface area contributed by atoms with Gasteiger partial charge in [0.1, 0.15) is 11.6 Å². The van der Waals surface area contributed by atoms with Crippen molar-refractivity contribution in [3.05, 3.63) is 87.5 Å². The van der Waals surface area contributed by atoms with E-state index in [0.717, 1.165) is 22.2 Å². The largest absolute Gasteiger partial charge is 0.508 e. The predicted octanol–water partition coefficient (Wildman–Crippen LogP) is 5.72. The van der Waals surface area contributed by atoms with Gasteiger partial charge in [0.05, 0.1) is 6.54 Å². The SMILES string of the molecule is Cc1c(C(=O)CCc2ccc(F)cc2)c2cc(O)ccc2n1Cc1cccs1. The Hall–Kier alpha value is -2.92. The number of carbonyl (C=O) groups excluding carboxylic acids is 1. The zero-order valence-corrected chi connectivity index (χ0v) is 16.3. The Bertz CT molecular complexity index is 1130. The number of phenolic OH excluding ortho intramolecular Hbond substituents is 1. The smallest absolute Gasteiger partial charge is 0.165 e. The lowest BCUT2D eigenvalue weighted by Gasteiger charge is -2.07. The lowest BCUT2D eigenvalue weighted by molar-refractivity contribution is 0.0983. The van der Waals surface area contributed by atoms with Crippen LogP contribution in [0.1, 0.15) is 32.9 Å². The molecule has 2 aromatic heterocycles. The Morgan fingerprint density at radius 1 is 1.14 bits per heavy atom. The summed E-state index contributed by atoms with van der Waals surface area (Å²) in [6.45, 7) is 2.64. The summed E-state index contributed by atoms with van der Waals surface area (Å²) in [6, 6.07) is 15.5. The Balaban J connectivity index is 1.68. The molecule has 142 valence electrons. The number of nitrogens with zero attached hydrogens (tertiary/aromatic N) is 1. The number of benzene rings is 2. The summed E-state index contributed by atoms with van der Waals surface area (Å²) in [6.07, 6.45) is 0.884. The number of aromatic hydroxyl groups is 1. The van der Waals surface area contributed by atoms with Crippen LogP contribution in [0.25, 0.3) is 10.9 Å². The third-order valence-electron chi connectivity index (χ3n) is 5.03. The van der Waals surface area contributed by atoms with Gasteiger partial charge in [0.25, 0.3) is 0 Å². The minimum Gasteiger partial charge on any atom is -0.508 e. The fourth-order valence-corrected chi connectivity index (χ4v) is 4.31. The van der Waals surface area contributed by atoms with E-state index in [1.807, 2.05) is 24.4 Å². The van der Waals surface area contributed by atoms with Gasteiger partial charge >= 0.3 is 0 Å². The maximum atomic E-state index is 13.1. The molecule has 3 nitrogen and oxygen atoms in total. The number of fused-ring (bicyclic) bond motifs is 1. The molecule has 0 unspecified atom stereocenters. The molecule has 1 N–H and O–H groups in total. The maximum Gasteiger partial charge on any atom is 0.165 e. The number of halogens is 1. The number of Topliss-reactive ketones (excluding diaryl/α,β-unsaturated/α-hetero) is 1. The lowest BCUT2D eigenvalue weighted by Crippen LogP contribution is -2.05. The minimum absolute atomic E-state index is 0.0300. The molecule has 0 aliphatic rings. The van der Waals surface area contributed by atoms with Gasteiger partial charge < -0.3 is 9.67 Å². The molecule has 28 heavy (non-hydrogen) atoms. The van der Waals surface area contributed by atoms with Crippen LogP contribution in [0.5, 0.6) is 5.75 Å². The van der Waals surface area contributed by atoms with Crippen LogP contribution in [0.2, 0.25) is 0 Å². The van der Waals surface area contributed by atoms with E-state index in [1.165, 1.54) is 17.0 Å². The summed E-state index contributed by atoms with van der Waals surface area (Å²) in [5.41, 5.74) is 3.43. The van der Waals surface area contributed by atoms with Crippen LogP contribution in [0.3, 0.4) is 0 Å². The van der Waals surface area contributed by atoms with E-state index >= 15 is 0 Å². The third-order valence-corrected chi connectivity index (χ3v) is 5.89. The van der Waals surface area contributed by atoms with Gasteiger partial charge in [-0.3, -0.25) is 4.79 Å². The number of rotatable bonds is 6. The molecule has 2 aromatic carbocycles. The standard InChI is InChI=1S/C23H20FNO2S/c1-15-23(22(27)11-6-16-4-7-17(24)8-5-16)20-13-18(26)9-10-21(20)25(15)14-19-3-2-12-28-19/h2-5,7-10,12-13,26H,6,11,14H2,1H3. The Kier molecular flexibility index (Phi) is 5.01. The molecule has 2 heterocycles. The summed E-state index contributed by atoms with van der Waals surface area (Å²) in [4.78, 5) is 14.3. The van der Waals surface area contributed by atoms with Gasteiger partial charge in [-0.05, 0) is 60.7 Å². The first kappa shape index (κ1) is 18.4. The molecule has 0 aliphatic heterocycles. The number of hydrogen-bond acceptors (Lipinski definition) is 3. The van der Waals surface area contributed by atoms with Crippen molar-refractivity contribution in [1.82, 2.24) is 4.57 Å². The zero-order valence-electron chi connectivity index (χ0n) is 15.5. The summed E-state index contributed by atoms with van der Waals surface area (Å²) >= 11 is 1.68.